The number of furan rings is 1. The first-order chi connectivity index (χ1) is 27.4. The van der Waals surface area contributed by atoms with Crippen LogP contribution in [0.5, 0.6) is 0 Å². The minimum atomic E-state index is -2.27. The fourth-order valence-electron chi connectivity index (χ4n) is 6.67. The standard InChI is InChI=1S/C28H22NO.C19H16N.Ir/c1-2-7-19(6-1)20-12-14-21(15-13-20)22-16-17-29-26(18-22)25-10-5-9-24-23-8-3-4-11-27(23)30-28(24)25;1-14-8-11-19(20-13-14)17-10-9-15(2)18(12-17)16-6-4-3-5-7-16;/h3-5,8-9,11-19H,1-2,6-7H2;3-9,11-13H,1-2H3;/q2*-1;/i19D;1D3,2D3;. The van der Waals surface area contributed by atoms with Crippen LogP contribution in [0, 0.1) is 25.8 Å². The molecule has 9 rings (SSSR count). The molecule has 1 aliphatic rings. The van der Waals surface area contributed by atoms with Crippen LogP contribution in [0.25, 0.3) is 66.7 Å². The van der Waals surface area contributed by atoms with Gasteiger partial charge in [0.15, 0.2) is 0 Å². The molecule has 3 heterocycles. The van der Waals surface area contributed by atoms with E-state index < -0.39 is 19.6 Å². The van der Waals surface area contributed by atoms with E-state index in [4.69, 9.17) is 14.0 Å². The normalized spacial score (nSPS) is 15.9. The van der Waals surface area contributed by atoms with Gasteiger partial charge in [-0.25, -0.2) is 0 Å². The van der Waals surface area contributed by atoms with E-state index in [-0.39, 0.29) is 31.2 Å². The van der Waals surface area contributed by atoms with E-state index in [2.05, 4.69) is 58.5 Å². The van der Waals surface area contributed by atoms with Crippen LogP contribution in [0.3, 0.4) is 0 Å². The van der Waals surface area contributed by atoms with Gasteiger partial charge in [-0.2, -0.15) is 0 Å². The molecule has 51 heavy (non-hydrogen) atoms. The molecule has 3 nitrogen and oxygen atoms in total. The Bertz CT molecular complexity index is 2670. The summed E-state index contributed by atoms with van der Waals surface area (Å²) in [5.41, 5.74) is 9.66. The maximum atomic E-state index is 8.74. The fraction of sp³-hybridized carbons (Fsp3) is 0.149. The summed E-state index contributed by atoms with van der Waals surface area (Å²) in [7, 11) is 0. The van der Waals surface area contributed by atoms with Crippen molar-refractivity contribution in [1.29, 1.82) is 0 Å². The molecule has 0 bridgehead atoms. The number of pyridine rings is 2. The number of para-hydroxylation sites is 1. The van der Waals surface area contributed by atoms with Crippen LogP contribution >= 0.6 is 0 Å². The number of rotatable bonds is 5. The van der Waals surface area contributed by atoms with Crippen molar-refractivity contribution < 1.29 is 34.1 Å². The van der Waals surface area contributed by atoms with Gasteiger partial charge in [0.1, 0.15) is 5.58 Å². The third-order valence-electron chi connectivity index (χ3n) is 9.26. The van der Waals surface area contributed by atoms with Crippen molar-refractivity contribution in [2.24, 2.45) is 0 Å². The topological polar surface area (TPSA) is 38.9 Å². The second kappa shape index (κ2) is 15.4. The summed E-state index contributed by atoms with van der Waals surface area (Å²) in [5, 5.41) is 2.19. The molecule has 3 aromatic heterocycles. The van der Waals surface area contributed by atoms with Crippen LogP contribution in [0.15, 0.2) is 144 Å². The van der Waals surface area contributed by atoms with Crippen LogP contribution in [-0.2, 0) is 20.1 Å². The van der Waals surface area contributed by atoms with Gasteiger partial charge >= 0.3 is 0 Å². The second-order valence-electron chi connectivity index (χ2n) is 12.5. The molecule has 0 saturated heterocycles. The Morgan fingerprint density at radius 1 is 0.725 bits per heavy atom. The largest absolute Gasteiger partial charge is 0.501 e. The van der Waals surface area contributed by atoms with Crippen molar-refractivity contribution in [3.05, 3.63) is 169 Å². The zero-order valence-corrected chi connectivity index (χ0v) is 30.1. The van der Waals surface area contributed by atoms with E-state index in [9.17, 15) is 0 Å². The third-order valence-corrected chi connectivity index (χ3v) is 9.26. The molecule has 4 heteroatoms. The van der Waals surface area contributed by atoms with E-state index in [0.29, 0.717) is 16.8 Å². The van der Waals surface area contributed by atoms with Crippen LogP contribution in [-0.4, -0.2) is 9.97 Å². The van der Waals surface area contributed by atoms with Gasteiger partial charge in [-0.05, 0) is 76.9 Å². The zero-order valence-electron chi connectivity index (χ0n) is 34.7. The Labute approximate surface area is 323 Å². The van der Waals surface area contributed by atoms with Gasteiger partial charge in [-0.1, -0.05) is 127 Å². The number of aromatic nitrogens is 2. The molecule has 0 unspecified atom stereocenters. The smallest absolute Gasteiger partial charge is 0.120 e. The molecule has 1 saturated carbocycles. The predicted molar refractivity (Wildman–Crippen MR) is 206 cm³/mol. The fourth-order valence-corrected chi connectivity index (χ4v) is 6.67. The Balaban J connectivity index is 0.000000177. The summed E-state index contributed by atoms with van der Waals surface area (Å²) in [4.78, 5) is 8.84. The van der Waals surface area contributed by atoms with Crippen molar-refractivity contribution in [3.63, 3.8) is 0 Å². The van der Waals surface area contributed by atoms with Gasteiger partial charge < -0.3 is 14.4 Å². The van der Waals surface area contributed by atoms with Crippen molar-refractivity contribution in [2.45, 2.75) is 45.3 Å². The van der Waals surface area contributed by atoms with Crippen molar-refractivity contribution in [3.8, 4) is 44.8 Å². The van der Waals surface area contributed by atoms with Crippen LogP contribution < -0.4 is 0 Å². The maximum Gasteiger partial charge on any atom is 0.120 e. The summed E-state index contributed by atoms with van der Waals surface area (Å²) in [6, 6.07) is 46.6. The molecule has 8 aromatic rings. The van der Waals surface area contributed by atoms with Crippen LogP contribution in [0.2, 0.25) is 0 Å². The molecule has 0 aliphatic heterocycles. The SMILES string of the molecule is [2H]C([2H])([2H])c1ccc(-c2[c-]cc(C([2H])([2H])[2H])c(-c3ccccc3)c2)nc1.[2H]C1(c2ccc(-c3ccnc(-c4[c-]ccc5c4oc4ccccc45)c3)cc2)CCCC1.[Ir]. The van der Waals surface area contributed by atoms with Crippen LogP contribution in [0.4, 0.5) is 0 Å². The van der Waals surface area contributed by atoms with Gasteiger partial charge in [0, 0.05) is 47.5 Å². The third kappa shape index (κ3) is 7.35. The van der Waals surface area contributed by atoms with Gasteiger partial charge in [0.05, 0.1) is 5.58 Å². The monoisotopic (exact) mass is 846 g/mol. The predicted octanol–water partition coefficient (Wildman–Crippen LogP) is 12.6. The van der Waals surface area contributed by atoms with E-state index in [1.807, 2.05) is 72.9 Å². The van der Waals surface area contributed by atoms with Crippen LogP contribution in [0.1, 0.15) is 57.9 Å². The average molecular weight is 846 g/mol. The first-order valence-electron chi connectivity index (χ1n) is 20.4. The Morgan fingerprint density at radius 2 is 1.55 bits per heavy atom. The Morgan fingerprint density at radius 3 is 2.33 bits per heavy atom. The number of benzene rings is 5. The molecular weight excluding hydrogens is 801 g/mol. The molecule has 1 radical (unpaired) electrons. The zero-order chi connectivity index (χ0) is 39.8. The molecule has 1 aliphatic carbocycles. The summed E-state index contributed by atoms with van der Waals surface area (Å²) < 4.78 is 60.5. The van der Waals surface area contributed by atoms with E-state index in [0.717, 1.165) is 81.1 Å². The minimum absolute atomic E-state index is 0. The quantitative estimate of drug-likeness (QED) is 0.162. The first kappa shape index (κ1) is 26.6. The number of aryl methyl sites for hydroxylation is 2. The number of fused-ring (bicyclic) bond motifs is 3. The summed E-state index contributed by atoms with van der Waals surface area (Å²) in [5.74, 6) is -0.409. The van der Waals surface area contributed by atoms with Gasteiger partial charge in [-0.3, -0.25) is 0 Å². The Kier molecular flexibility index (Phi) is 8.04. The molecular formula is C47H38IrN2O-2. The van der Waals surface area contributed by atoms with E-state index >= 15 is 0 Å². The molecule has 5 aromatic carbocycles. The molecule has 0 atom stereocenters. The number of hydrogen-bond acceptors (Lipinski definition) is 3. The van der Waals surface area contributed by atoms with E-state index in [1.54, 1.807) is 12.1 Å². The first-order valence-corrected chi connectivity index (χ1v) is 16.9. The van der Waals surface area contributed by atoms with Crippen molar-refractivity contribution in [2.75, 3.05) is 0 Å². The van der Waals surface area contributed by atoms with E-state index in [1.165, 1.54) is 18.3 Å². The molecule has 0 N–H and O–H groups in total. The average Bonchev–Trinajstić information content (AvgIpc) is 3.85. The molecule has 1 fully saturated rings. The second-order valence-corrected chi connectivity index (χ2v) is 12.5. The summed E-state index contributed by atoms with van der Waals surface area (Å²) in [6.07, 6.45) is 7.39. The summed E-state index contributed by atoms with van der Waals surface area (Å²) in [6.45, 7) is -4.48. The Hall–Kier alpha value is -5.15. The maximum absolute atomic E-state index is 8.74. The van der Waals surface area contributed by atoms with Gasteiger partial charge in [-0.15, -0.1) is 47.5 Å². The summed E-state index contributed by atoms with van der Waals surface area (Å²) >= 11 is 0. The number of hydrogen-bond donors (Lipinski definition) is 0. The number of nitrogens with zero attached hydrogens (tertiary/aromatic N) is 2. The van der Waals surface area contributed by atoms with Gasteiger partial charge in [0.25, 0.3) is 0 Å². The van der Waals surface area contributed by atoms with Gasteiger partial charge in [0.2, 0.25) is 0 Å². The molecule has 0 amide bonds. The minimum Gasteiger partial charge on any atom is -0.501 e. The van der Waals surface area contributed by atoms with Crippen molar-refractivity contribution in [1.82, 2.24) is 9.97 Å². The molecule has 253 valence electrons. The molecule has 0 spiro atoms. The van der Waals surface area contributed by atoms with Crippen molar-refractivity contribution >= 4 is 21.9 Å².